The minimum Gasteiger partial charge on any atom is -0.372 e. The quantitative estimate of drug-likeness (QED) is 0.812. The first-order chi connectivity index (χ1) is 8.08. The second-order valence-corrected chi connectivity index (χ2v) is 4.83. The fourth-order valence-electron chi connectivity index (χ4n) is 2.07. The minimum atomic E-state index is 0.540. The molecule has 0 radical (unpaired) electrons. The van der Waals surface area contributed by atoms with Crippen LogP contribution in [0.3, 0.4) is 0 Å². The Kier molecular flexibility index (Phi) is 5.49. The summed E-state index contributed by atoms with van der Waals surface area (Å²) in [5.41, 5.74) is 4.10. The molecule has 0 atom stereocenters. The van der Waals surface area contributed by atoms with Crippen LogP contribution in [0.2, 0.25) is 0 Å². The van der Waals surface area contributed by atoms with Crippen molar-refractivity contribution in [1.82, 2.24) is 5.32 Å². The molecule has 0 aromatic heterocycles. The lowest BCUT2D eigenvalue weighted by molar-refractivity contribution is 0.588. The first-order valence-electron chi connectivity index (χ1n) is 6.66. The molecule has 0 aliphatic rings. The molecular weight excluding hydrogens is 208 g/mol. The molecule has 2 heteroatoms. The van der Waals surface area contributed by atoms with E-state index < -0.39 is 0 Å². The molecule has 1 aromatic carbocycles. The molecule has 0 fully saturated rings. The zero-order valence-electron chi connectivity index (χ0n) is 11.9. The average molecular weight is 234 g/mol. The maximum atomic E-state index is 3.45. The number of hydrogen-bond acceptors (Lipinski definition) is 2. The lowest BCUT2D eigenvalue weighted by atomic mass is 10.1. The van der Waals surface area contributed by atoms with Gasteiger partial charge in [0.1, 0.15) is 0 Å². The summed E-state index contributed by atoms with van der Waals surface area (Å²) in [5.74, 6) is 0. The molecule has 0 bridgehead atoms. The molecule has 2 nitrogen and oxygen atoms in total. The van der Waals surface area contributed by atoms with Gasteiger partial charge in [-0.2, -0.15) is 0 Å². The van der Waals surface area contributed by atoms with Crippen LogP contribution in [0.4, 0.5) is 5.69 Å². The fourth-order valence-corrected chi connectivity index (χ4v) is 2.07. The number of anilines is 1. The molecule has 0 spiro atoms. The monoisotopic (exact) mass is 234 g/mol. The molecule has 0 aliphatic carbocycles. The predicted octanol–water partition coefficient (Wildman–Crippen LogP) is 3.34. The molecule has 96 valence electrons. The third kappa shape index (κ3) is 4.04. The van der Waals surface area contributed by atoms with Crippen LogP contribution in [0.25, 0.3) is 0 Å². The van der Waals surface area contributed by atoms with Gasteiger partial charge in [-0.3, -0.25) is 0 Å². The van der Waals surface area contributed by atoms with Gasteiger partial charge in [0.2, 0.25) is 0 Å². The summed E-state index contributed by atoms with van der Waals surface area (Å²) in [7, 11) is 0. The molecule has 0 saturated carbocycles. The van der Waals surface area contributed by atoms with E-state index in [9.17, 15) is 0 Å². The highest BCUT2D eigenvalue weighted by Crippen LogP contribution is 2.21. The summed E-state index contributed by atoms with van der Waals surface area (Å²) in [5, 5.41) is 3.45. The van der Waals surface area contributed by atoms with Crippen molar-refractivity contribution in [3.8, 4) is 0 Å². The van der Waals surface area contributed by atoms with Gasteiger partial charge in [-0.1, -0.05) is 26.0 Å². The van der Waals surface area contributed by atoms with Crippen LogP contribution in [0.15, 0.2) is 18.2 Å². The summed E-state index contributed by atoms with van der Waals surface area (Å²) in [6.45, 7) is 14.1. The predicted molar refractivity (Wildman–Crippen MR) is 76.7 cm³/mol. The Labute approximate surface area is 106 Å². The molecule has 1 rings (SSSR count). The Balaban J connectivity index is 2.78. The Morgan fingerprint density at radius 3 is 2.29 bits per heavy atom. The van der Waals surface area contributed by atoms with Crippen molar-refractivity contribution in [2.45, 2.75) is 47.2 Å². The topological polar surface area (TPSA) is 15.3 Å². The van der Waals surface area contributed by atoms with Gasteiger partial charge in [0, 0.05) is 31.4 Å². The van der Waals surface area contributed by atoms with Gasteiger partial charge < -0.3 is 10.2 Å². The lowest BCUT2D eigenvalue weighted by Gasteiger charge is -2.23. The molecule has 0 saturated heterocycles. The van der Waals surface area contributed by atoms with Crippen LogP contribution in [0, 0.1) is 6.92 Å². The molecule has 0 heterocycles. The fraction of sp³-hybridized carbons (Fsp3) is 0.600. The van der Waals surface area contributed by atoms with E-state index in [-0.39, 0.29) is 0 Å². The summed E-state index contributed by atoms with van der Waals surface area (Å²) in [6, 6.07) is 7.32. The van der Waals surface area contributed by atoms with E-state index in [1.54, 1.807) is 0 Å². The van der Waals surface area contributed by atoms with E-state index in [1.165, 1.54) is 16.8 Å². The van der Waals surface area contributed by atoms with Gasteiger partial charge in [0.05, 0.1) is 0 Å². The van der Waals surface area contributed by atoms with E-state index in [1.807, 2.05) is 0 Å². The maximum Gasteiger partial charge on any atom is 0.0395 e. The van der Waals surface area contributed by atoms with E-state index in [0.717, 1.165) is 19.6 Å². The number of nitrogens with one attached hydrogen (secondary N) is 1. The van der Waals surface area contributed by atoms with Gasteiger partial charge >= 0.3 is 0 Å². The van der Waals surface area contributed by atoms with Crippen molar-refractivity contribution in [2.24, 2.45) is 0 Å². The maximum absolute atomic E-state index is 3.45. The Morgan fingerprint density at radius 2 is 1.82 bits per heavy atom. The Bertz CT molecular complexity index is 341. The standard InChI is InChI=1S/C15H26N2/c1-6-17(7-2)15-9-8-14(10-13(15)5)11-16-12(3)4/h8-10,12,16H,6-7,11H2,1-5H3. The zero-order valence-corrected chi connectivity index (χ0v) is 11.9. The van der Waals surface area contributed by atoms with E-state index in [4.69, 9.17) is 0 Å². The molecule has 0 amide bonds. The Hall–Kier alpha value is -1.02. The first kappa shape index (κ1) is 14.0. The number of aryl methyl sites for hydroxylation is 1. The molecular formula is C15H26N2. The number of hydrogen-bond donors (Lipinski definition) is 1. The van der Waals surface area contributed by atoms with Gasteiger partial charge in [-0.15, -0.1) is 0 Å². The number of nitrogens with zero attached hydrogens (tertiary/aromatic N) is 1. The SMILES string of the molecule is CCN(CC)c1ccc(CNC(C)C)cc1C. The molecule has 17 heavy (non-hydrogen) atoms. The second kappa shape index (κ2) is 6.65. The highest BCUT2D eigenvalue weighted by molar-refractivity contribution is 5.54. The third-order valence-corrected chi connectivity index (χ3v) is 3.08. The highest BCUT2D eigenvalue weighted by atomic mass is 15.1. The molecule has 1 aromatic rings. The van der Waals surface area contributed by atoms with Crippen LogP contribution in [0.5, 0.6) is 0 Å². The highest BCUT2D eigenvalue weighted by Gasteiger charge is 2.06. The van der Waals surface area contributed by atoms with Gasteiger partial charge in [-0.05, 0) is 38.0 Å². The van der Waals surface area contributed by atoms with Crippen molar-refractivity contribution in [1.29, 1.82) is 0 Å². The summed E-state index contributed by atoms with van der Waals surface area (Å²) in [4.78, 5) is 2.40. The van der Waals surface area contributed by atoms with Gasteiger partial charge in [0.25, 0.3) is 0 Å². The lowest BCUT2D eigenvalue weighted by Crippen LogP contribution is -2.24. The van der Waals surface area contributed by atoms with Crippen molar-refractivity contribution in [2.75, 3.05) is 18.0 Å². The number of benzene rings is 1. The normalized spacial score (nSPS) is 10.9. The van der Waals surface area contributed by atoms with Crippen LogP contribution >= 0.6 is 0 Å². The summed E-state index contributed by atoms with van der Waals surface area (Å²) in [6.07, 6.45) is 0. The van der Waals surface area contributed by atoms with Crippen LogP contribution < -0.4 is 10.2 Å². The largest absolute Gasteiger partial charge is 0.372 e. The molecule has 0 unspecified atom stereocenters. The summed E-state index contributed by atoms with van der Waals surface area (Å²) < 4.78 is 0. The van der Waals surface area contributed by atoms with Crippen molar-refractivity contribution in [3.63, 3.8) is 0 Å². The molecule has 0 aliphatic heterocycles. The zero-order chi connectivity index (χ0) is 12.8. The van der Waals surface area contributed by atoms with Crippen molar-refractivity contribution < 1.29 is 0 Å². The third-order valence-electron chi connectivity index (χ3n) is 3.08. The van der Waals surface area contributed by atoms with Gasteiger partial charge in [0.15, 0.2) is 0 Å². The first-order valence-corrected chi connectivity index (χ1v) is 6.66. The van der Waals surface area contributed by atoms with Crippen molar-refractivity contribution in [3.05, 3.63) is 29.3 Å². The smallest absolute Gasteiger partial charge is 0.0395 e. The number of rotatable bonds is 6. The van der Waals surface area contributed by atoms with E-state index in [2.05, 4.69) is 63.0 Å². The van der Waals surface area contributed by atoms with E-state index >= 15 is 0 Å². The average Bonchev–Trinajstić information content (AvgIpc) is 2.30. The van der Waals surface area contributed by atoms with Crippen LogP contribution in [-0.4, -0.2) is 19.1 Å². The van der Waals surface area contributed by atoms with Gasteiger partial charge in [-0.25, -0.2) is 0 Å². The van der Waals surface area contributed by atoms with E-state index in [0.29, 0.717) is 6.04 Å². The second-order valence-electron chi connectivity index (χ2n) is 4.83. The van der Waals surface area contributed by atoms with Crippen LogP contribution in [0.1, 0.15) is 38.8 Å². The van der Waals surface area contributed by atoms with Crippen LogP contribution in [-0.2, 0) is 6.54 Å². The Morgan fingerprint density at radius 1 is 1.18 bits per heavy atom. The molecule has 1 N–H and O–H groups in total. The summed E-state index contributed by atoms with van der Waals surface area (Å²) >= 11 is 0. The van der Waals surface area contributed by atoms with Crippen molar-refractivity contribution >= 4 is 5.69 Å². The minimum absolute atomic E-state index is 0.540.